The number of terminal acetylenes is 1. The van der Waals surface area contributed by atoms with Crippen molar-refractivity contribution in [3.63, 3.8) is 0 Å². The van der Waals surface area contributed by atoms with E-state index in [2.05, 4.69) is 16.2 Å². The van der Waals surface area contributed by atoms with Gasteiger partial charge >= 0.3 is 0 Å². The number of nitrogens with zero attached hydrogens (tertiary/aromatic N) is 2. The van der Waals surface area contributed by atoms with Gasteiger partial charge in [-0.05, 0) is 12.1 Å². The molecule has 1 amide bonds. The summed E-state index contributed by atoms with van der Waals surface area (Å²) in [5, 5.41) is 2.70. The van der Waals surface area contributed by atoms with Gasteiger partial charge in [-0.25, -0.2) is 9.37 Å². The fraction of sp³-hybridized carbons (Fsp3) is 0.154. The second kappa shape index (κ2) is 5.31. The molecule has 2 rings (SSSR count). The van der Waals surface area contributed by atoms with Crippen LogP contribution < -0.4 is 10.9 Å². The van der Waals surface area contributed by atoms with Crippen molar-refractivity contribution in [1.82, 2.24) is 14.9 Å². The van der Waals surface area contributed by atoms with Gasteiger partial charge in [-0.15, -0.1) is 6.42 Å². The van der Waals surface area contributed by atoms with Crippen LogP contribution in [0.15, 0.2) is 29.3 Å². The molecule has 0 bridgehead atoms. The molecule has 0 aliphatic rings. The first-order valence-electron chi connectivity index (χ1n) is 5.46. The third-order valence-corrected chi connectivity index (χ3v) is 2.49. The molecule has 1 aromatic carbocycles. The number of hydrogen-bond donors (Lipinski definition) is 1. The third-order valence-electron chi connectivity index (χ3n) is 2.49. The maximum Gasteiger partial charge on any atom is 0.261 e. The van der Waals surface area contributed by atoms with Crippen LogP contribution in [0.4, 0.5) is 4.39 Å². The van der Waals surface area contributed by atoms with Crippen LogP contribution in [0.2, 0.25) is 0 Å². The molecule has 0 spiro atoms. The Morgan fingerprint density at radius 2 is 2.32 bits per heavy atom. The molecule has 0 unspecified atom stereocenters. The van der Waals surface area contributed by atoms with Crippen LogP contribution >= 0.6 is 0 Å². The highest BCUT2D eigenvalue weighted by Crippen LogP contribution is 2.08. The average Bonchev–Trinajstić information content (AvgIpc) is 2.39. The van der Waals surface area contributed by atoms with Crippen molar-refractivity contribution in [3.8, 4) is 12.3 Å². The Balaban J connectivity index is 2.33. The molecule has 2 aromatic rings. The van der Waals surface area contributed by atoms with E-state index < -0.39 is 11.4 Å². The number of nitrogens with one attached hydrogen (secondary N) is 1. The topological polar surface area (TPSA) is 64.0 Å². The lowest BCUT2D eigenvalue weighted by Crippen LogP contribution is -2.32. The molecule has 0 saturated carbocycles. The van der Waals surface area contributed by atoms with Gasteiger partial charge in [0, 0.05) is 6.07 Å². The van der Waals surface area contributed by atoms with Crippen molar-refractivity contribution in [3.05, 3.63) is 40.7 Å². The van der Waals surface area contributed by atoms with Crippen molar-refractivity contribution < 1.29 is 9.18 Å². The quantitative estimate of drug-likeness (QED) is 0.805. The van der Waals surface area contributed by atoms with Crippen LogP contribution in [0.3, 0.4) is 0 Å². The van der Waals surface area contributed by atoms with E-state index in [4.69, 9.17) is 6.42 Å². The monoisotopic (exact) mass is 259 g/mol. The molecule has 1 N–H and O–H groups in total. The van der Waals surface area contributed by atoms with E-state index in [1.54, 1.807) is 0 Å². The van der Waals surface area contributed by atoms with Crippen molar-refractivity contribution in [1.29, 1.82) is 0 Å². The minimum absolute atomic E-state index is 0.0970. The van der Waals surface area contributed by atoms with Gasteiger partial charge in [0.2, 0.25) is 5.91 Å². The number of hydrogen-bond acceptors (Lipinski definition) is 3. The number of aromatic nitrogens is 2. The largest absolute Gasteiger partial charge is 0.344 e. The highest BCUT2D eigenvalue weighted by atomic mass is 19.1. The maximum absolute atomic E-state index is 13.0. The molecule has 1 aromatic heterocycles. The fourth-order valence-corrected chi connectivity index (χ4v) is 1.60. The summed E-state index contributed by atoms with van der Waals surface area (Å²) >= 11 is 0. The van der Waals surface area contributed by atoms with E-state index in [1.165, 1.54) is 24.5 Å². The molecule has 6 heteroatoms. The molecule has 96 valence electrons. The number of benzene rings is 1. The summed E-state index contributed by atoms with van der Waals surface area (Å²) in [5.41, 5.74) is -0.147. The van der Waals surface area contributed by atoms with Crippen LogP contribution in [-0.4, -0.2) is 22.0 Å². The summed E-state index contributed by atoms with van der Waals surface area (Å²) in [5.74, 6) is 1.40. The van der Waals surface area contributed by atoms with Gasteiger partial charge in [0.1, 0.15) is 12.4 Å². The summed E-state index contributed by atoms with van der Waals surface area (Å²) in [6.45, 7) is -0.0827. The van der Waals surface area contributed by atoms with Gasteiger partial charge < -0.3 is 5.32 Å². The third kappa shape index (κ3) is 2.77. The fourth-order valence-electron chi connectivity index (χ4n) is 1.60. The summed E-state index contributed by atoms with van der Waals surface area (Å²) < 4.78 is 14.1. The Morgan fingerprint density at radius 3 is 3.05 bits per heavy atom. The standard InChI is InChI=1S/C13H10FN3O2/c1-2-5-15-12(18)7-17-8-16-11-6-9(14)3-4-10(11)13(17)19/h1,3-4,6,8H,5,7H2,(H,15,18). The van der Waals surface area contributed by atoms with Gasteiger partial charge in [-0.3, -0.25) is 14.2 Å². The smallest absolute Gasteiger partial charge is 0.261 e. The second-order valence-corrected chi connectivity index (χ2v) is 3.82. The first-order valence-corrected chi connectivity index (χ1v) is 5.46. The predicted molar refractivity (Wildman–Crippen MR) is 67.8 cm³/mol. The Morgan fingerprint density at radius 1 is 1.53 bits per heavy atom. The van der Waals surface area contributed by atoms with Gasteiger partial charge in [0.15, 0.2) is 0 Å². The zero-order valence-electron chi connectivity index (χ0n) is 9.89. The summed E-state index contributed by atoms with van der Waals surface area (Å²) in [6, 6.07) is 3.68. The highest BCUT2D eigenvalue weighted by Gasteiger charge is 2.08. The van der Waals surface area contributed by atoms with E-state index in [9.17, 15) is 14.0 Å². The van der Waals surface area contributed by atoms with E-state index in [0.717, 1.165) is 4.57 Å². The van der Waals surface area contributed by atoms with E-state index in [0.29, 0.717) is 0 Å². The maximum atomic E-state index is 13.0. The SMILES string of the molecule is C#CCNC(=O)Cn1cnc2cc(F)ccc2c1=O. The van der Waals surface area contributed by atoms with Gasteiger partial charge in [0.05, 0.1) is 23.8 Å². The minimum Gasteiger partial charge on any atom is -0.344 e. The van der Waals surface area contributed by atoms with Gasteiger partial charge in [0.25, 0.3) is 5.56 Å². The van der Waals surface area contributed by atoms with E-state index >= 15 is 0 Å². The van der Waals surface area contributed by atoms with Crippen molar-refractivity contribution in [2.75, 3.05) is 6.54 Å². The van der Waals surface area contributed by atoms with Crippen LogP contribution in [0, 0.1) is 18.2 Å². The Kier molecular flexibility index (Phi) is 3.57. The summed E-state index contributed by atoms with van der Waals surface area (Å²) in [7, 11) is 0. The molecular formula is C13H10FN3O2. The van der Waals surface area contributed by atoms with Crippen LogP contribution in [0.25, 0.3) is 10.9 Å². The Bertz CT molecular complexity index is 731. The number of halogens is 1. The highest BCUT2D eigenvalue weighted by molar-refractivity contribution is 5.79. The molecule has 0 aliphatic carbocycles. The average molecular weight is 259 g/mol. The van der Waals surface area contributed by atoms with Crippen molar-refractivity contribution >= 4 is 16.8 Å². The lowest BCUT2D eigenvalue weighted by Gasteiger charge is -2.06. The molecule has 19 heavy (non-hydrogen) atoms. The minimum atomic E-state index is -0.469. The lowest BCUT2D eigenvalue weighted by atomic mass is 10.2. The molecule has 5 nitrogen and oxygen atoms in total. The van der Waals surface area contributed by atoms with Crippen LogP contribution in [0.5, 0.6) is 0 Å². The zero-order chi connectivity index (χ0) is 13.8. The molecule has 0 aliphatic heterocycles. The van der Waals surface area contributed by atoms with Crippen molar-refractivity contribution in [2.24, 2.45) is 0 Å². The molecule has 0 atom stereocenters. The first-order chi connectivity index (χ1) is 9.11. The number of rotatable bonds is 3. The summed E-state index contributed by atoms with van der Waals surface area (Å²) in [6.07, 6.45) is 6.22. The molecule has 1 heterocycles. The number of carbonyl (C=O) groups excluding carboxylic acids is 1. The van der Waals surface area contributed by atoms with Gasteiger partial charge in [-0.1, -0.05) is 5.92 Å². The van der Waals surface area contributed by atoms with Crippen LogP contribution in [-0.2, 0) is 11.3 Å². The van der Waals surface area contributed by atoms with Crippen LogP contribution in [0.1, 0.15) is 0 Å². The second-order valence-electron chi connectivity index (χ2n) is 3.82. The van der Waals surface area contributed by atoms with E-state index in [-0.39, 0.29) is 29.9 Å². The Hall–Kier alpha value is -2.68. The molecule has 0 saturated heterocycles. The Labute approximate surface area is 108 Å². The van der Waals surface area contributed by atoms with Crippen molar-refractivity contribution in [2.45, 2.75) is 6.54 Å². The number of fused-ring (bicyclic) bond motifs is 1. The number of carbonyl (C=O) groups is 1. The normalized spacial score (nSPS) is 10.1. The zero-order valence-corrected chi connectivity index (χ0v) is 9.89. The molecule has 0 radical (unpaired) electrons. The van der Waals surface area contributed by atoms with E-state index in [1.807, 2.05) is 0 Å². The number of amides is 1. The molecular weight excluding hydrogens is 249 g/mol. The first kappa shape index (κ1) is 12.8. The van der Waals surface area contributed by atoms with Gasteiger partial charge in [-0.2, -0.15) is 0 Å². The summed E-state index contributed by atoms with van der Waals surface area (Å²) in [4.78, 5) is 27.4. The predicted octanol–water partition coefficient (Wildman–Crippen LogP) is 0.285. The lowest BCUT2D eigenvalue weighted by molar-refractivity contribution is -0.121. The molecule has 0 fully saturated rings.